The molecule has 0 aliphatic heterocycles. The van der Waals surface area contributed by atoms with E-state index < -0.39 is 0 Å². The summed E-state index contributed by atoms with van der Waals surface area (Å²) in [6.07, 6.45) is 2.09. The Hall–Kier alpha value is -0.710. The first-order valence-electron chi connectivity index (χ1n) is 7.01. The van der Waals surface area contributed by atoms with E-state index >= 15 is 0 Å². The molecule has 0 spiro atoms. The molecule has 2 nitrogen and oxygen atoms in total. The third kappa shape index (κ3) is 3.90. The fraction of sp³-hybridized carbons (Fsp3) is 0.438. The second-order valence-electron chi connectivity index (χ2n) is 5.05. The van der Waals surface area contributed by atoms with Gasteiger partial charge in [0.2, 0.25) is 0 Å². The number of hydrogen-bond acceptors (Lipinski definition) is 3. The Morgan fingerprint density at radius 1 is 1.35 bits per heavy atom. The Balaban J connectivity index is 2.24. The van der Waals surface area contributed by atoms with Crippen LogP contribution in [0.4, 0.5) is 0 Å². The van der Waals surface area contributed by atoms with Crippen LogP contribution in [0.15, 0.2) is 28.1 Å². The summed E-state index contributed by atoms with van der Waals surface area (Å²) < 4.78 is 1.17. The number of aromatic nitrogens is 1. The minimum absolute atomic E-state index is 0.331. The van der Waals surface area contributed by atoms with Gasteiger partial charge in [-0.25, -0.2) is 4.98 Å². The van der Waals surface area contributed by atoms with E-state index in [0.29, 0.717) is 6.04 Å². The van der Waals surface area contributed by atoms with Crippen LogP contribution in [0.3, 0.4) is 0 Å². The standard InChI is InChI=1S/C16H21BrN2S/c1-4-8-18-15(9-16-19-11(2)10-20-16)13-6-5-7-14(17)12(13)3/h5-7,10,15,18H,4,8-9H2,1-3H3. The third-order valence-electron chi connectivity index (χ3n) is 3.37. The Morgan fingerprint density at radius 3 is 2.80 bits per heavy atom. The van der Waals surface area contributed by atoms with Crippen LogP contribution < -0.4 is 5.32 Å². The molecule has 0 radical (unpaired) electrons. The summed E-state index contributed by atoms with van der Waals surface area (Å²) in [5.41, 5.74) is 3.79. The van der Waals surface area contributed by atoms with E-state index in [0.717, 1.165) is 25.1 Å². The lowest BCUT2D eigenvalue weighted by atomic mass is 9.99. The quantitative estimate of drug-likeness (QED) is 0.806. The van der Waals surface area contributed by atoms with Crippen LogP contribution in [0, 0.1) is 13.8 Å². The Labute approximate surface area is 133 Å². The van der Waals surface area contributed by atoms with Gasteiger partial charge in [-0.05, 0) is 44.0 Å². The molecular formula is C16H21BrN2S. The number of benzene rings is 1. The summed E-state index contributed by atoms with van der Waals surface area (Å²) in [5.74, 6) is 0. The molecular weight excluding hydrogens is 332 g/mol. The van der Waals surface area contributed by atoms with Crippen molar-refractivity contribution in [2.45, 2.75) is 39.7 Å². The van der Waals surface area contributed by atoms with Gasteiger partial charge >= 0.3 is 0 Å². The molecule has 0 bridgehead atoms. The molecule has 0 saturated heterocycles. The molecule has 1 heterocycles. The number of nitrogens with zero attached hydrogens (tertiary/aromatic N) is 1. The molecule has 1 unspecified atom stereocenters. The number of rotatable bonds is 6. The maximum Gasteiger partial charge on any atom is 0.0947 e. The highest BCUT2D eigenvalue weighted by molar-refractivity contribution is 9.10. The van der Waals surface area contributed by atoms with Crippen LogP contribution in [-0.2, 0) is 6.42 Å². The van der Waals surface area contributed by atoms with Gasteiger partial charge in [0.25, 0.3) is 0 Å². The molecule has 1 N–H and O–H groups in total. The van der Waals surface area contributed by atoms with Gasteiger partial charge in [0.15, 0.2) is 0 Å². The maximum atomic E-state index is 4.60. The van der Waals surface area contributed by atoms with Crippen LogP contribution in [0.2, 0.25) is 0 Å². The predicted molar refractivity (Wildman–Crippen MR) is 90.5 cm³/mol. The second-order valence-corrected chi connectivity index (χ2v) is 6.84. The Kier molecular flexibility index (Phi) is 5.75. The molecule has 4 heteroatoms. The van der Waals surface area contributed by atoms with Crippen molar-refractivity contribution in [1.82, 2.24) is 10.3 Å². The van der Waals surface area contributed by atoms with Crippen molar-refractivity contribution < 1.29 is 0 Å². The summed E-state index contributed by atoms with van der Waals surface area (Å²) in [7, 11) is 0. The number of hydrogen-bond donors (Lipinski definition) is 1. The van der Waals surface area contributed by atoms with Gasteiger partial charge in [-0.1, -0.05) is 35.0 Å². The van der Waals surface area contributed by atoms with Gasteiger partial charge in [0.1, 0.15) is 0 Å². The highest BCUT2D eigenvalue weighted by Gasteiger charge is 2.16. The average Bonchev–Trinajstić information content (AvgIpc) is 2.83. The second kappa shape index (κ2) is 7.34. The Bertz CT molecular complexity index is 565. The van der Waals surface area contributed by atoms with Crippen molar-refractivity contribution in [2.75, 3.05) is 6.54 Å². The highest BCUT2D eigenvalue weighted by Crippen LogP contribution is 2.27. The smallest absolute Gasteiger partial charge is 0.0947 e. The lowest BCUT2D eigenvalue weighted by Gasteiger charge is -2.20. The van der Waals surface area contributed by atoms with Crippen molar-refractivity contribution in [2.24, 2.45) is 0 Å². The van der Waals surface area contributed by atoms with Crippen molar-refractivity contribution in [3.8, 4) is 0 Å². The molecule has 0 aliphatic rings. The first-order valence-corrected chi connectivity index (χ1v) is 8.68. The summed E-state index contributed by atoms with van der Waals surface area (Å²) >= 11 is 5.38. The van der Waals surface area contributed by atoms with E-state index in [2.05, 4.69) is 70.6 Å². The van der Waals surface area contributed by atoms with Crippen LogP contribution in [0.25, 0.3) is 0 Å². The zero-order valence-corrected chi connectivity index (χ0v) is 14.6. The molecule has 0 amide bonds. The molecule has 20 heavy (non-hydrogen) atoms. The number of aryl methyl sites for hydroxylation is 1. The number of halogens is 1. The van der Waals surface area contributed by atoms with E-state index in [1.165, 1.54) is 20.6 Å². The zero-order valence-electron chi connectivity index (χ0n) is 12.2. The lowest BCUT2D eigenvalue weighted by Crippen LogP contribution is -2.24. The number of nitrogens with one attached hydrogen (secondary N) is 1. The van der Waals surface area contributed by atoms with Crippen LogP contribution in [-0.4, -0.2) is 11.5 Å². The summed E-state index contributed by atoms with van der Waals surface area (Å²) in [4.78, 5) is 4.60. The van der Waals surface area contributed by atoms with Gasteiger partial charge < -0.3 is 5.32 Å². The first kappa shape index (κ1) is 15.7. The van der Waals surface area contributed by atoms with Crippen molar-refractivity contribution in [3.63, 3.8) is 0 Å². The molecule has 0 aliphatic carbocycles. The van der Waals surface area contributed by atoms with Crippen LogP contribution >= 0.6 is 27.3 Å². The first-order chi connectivity index (χ1) is 9.61. The molecule has 2 aromatic rings. The van der Waals surface area contributed by atoms with Gasteiger partial charge in [-0.2, -0.15) is 0 Å². The van der Waals surface area contributed by atoms with Gasteiger partial charge in [0, 0.05) is 28.0 Å². The molecule has 1 aromatic heterocycles. The molecule has 1 atom stereocenters. The molecule has 2 rings (SSSR count). The van der Waals surface area contributed by atoms with E-state index in [4.69, 9.17) is 0 Å². The lowest BCUT2D eigenvalue weighted by molar-refractivity contribution is 0.526. The minimum Gasteiger partial charge on any atom is -0.310 e. The average molecular weight is 353 g/mol. The molecule has 0 fully saturated rings. The summed E-state index contributed by atoms with van der Waals surface area (Å²) in [6, 6.07) is 6.76. The minimum atomic E-state index is 0.331. The highest BCUT2D eigenvalue weighted by atomic mass is 79.9. The Morgan fingerprint density at radius 2 is 2.15 bits per heavy atom. The number of thiazole rings is 1. The van der Waals surface area contributed by atoms with E-state index in [1.807, 2.05) is 0 Å². The zero-order chi connectivity index (χ0) is 14.5. The SMILES string of the molecule is CCCNC(Cc1nc(C)cs1)c1cccc(Br)c1C. The topological polar surface area (TPSA) is 24.9 Å². The molecule has 1 aromatic carbocycles. The van der Waals surface area contributed by atoms with E-state index in [9.17, 15) is 0 Å². The maximum absolute atomic E-state index is 4.60. The van der Waals surface area contributed by atoms with Gasteiger partial charge in [-0.15, -0.1) is 11.3 Å². The monoisotopic (exact) mass is 352 g/mol. The fourth-order valence-electron chi connectivity index (χ4n) is 2.28. The van der Waals surface area contributed by atoms with E-state index in [1.54, 1.807) is 11.3 Å². The van der Waals surface area contributed by atoms with Gasteiger partial charge in [-0.3, -0.25) is 0 Å². The molecule has 108 valence electrons. The van der Waals surface area contributed by atoms with Crippen molar-refractivity contribution in [3.05, 3.63) is 49.9 Å². The fourth-order valence-corrected chi connectivity index (χ4v) is 3.48. The van der Waals surface area contributed by atoms with E-state index in [-0.39, 0.29) is 0 Å². The largest absolute Gasteiger partial charge is 0.310 e. The van der Waals surface area contributed by atoms with Crippen LogP contribution in [0.1, 0.15) is 41.2 Å². The third-order valence-corrected chi connectivity index (χ3v) is 5.22. The molecule has 0 saturated carbocycles. The van der Waals surface area contributed by atoms with Crippen molar-refractivity contribution >= 4 is 27.3 Å². The van der Waals surface area contributed by atoms with Gasteiger partial charge in [0.05, 0.1) is 5.01 Å². The summed E-state index contributed by atoms with van der Waals surface area (Å²) in [5, 5.41) is 6.99. The van der Waals surface area contributed by atoms with Crippen LogP contribution in [0.5, 0.6) is 0 Å². The predicted octanol–water partition coefficient (Wildman–Crippen LogP) is 4.81. The normalized spacial score (nSPS) is 12.6. The van der Waals surface area contributed by atoms with Crippen molar-refractivity contribution in [1.29, 1.82) is 0 Å². The summed E-state index contributed by atoms with van der Waals surface area (Å²) in [6.45, 7) is 7.46.